The highest BCUT2D eigenvalue weighted by atomic mass is 16.4. The summed E-state index contributed by atoms with van der Waals surface area (Å²) < 4.78 is 5.46. The van der Waals surface area contributed by atoms with E-state index in [0.717, 1.165) is 12.8 Å². The lowest BCUT2D eigenvalue weighted by Crippen LogP contribution is -2.34. The second-order valence-corrected chi connectivity index (χ2v) is 7.12. The highest BCUT2D eigenvalue weighted by Crippen LogP contribution is 2.19. The lowest BCUT2D eigenvalue weighted by molar-refractivity contribution is 0.0733. The van der Waals surface area contributed by atoms with Crippen LogP contribution >= 0.6 is 0 Å². The Morgan fingerprint density at radius 3 is 2.59 bits per heavy atom. The number of hydrogen-bond acceptors (Lipinski definition) is 5. The SMILES string of the molecule is Cc1cc(CCCc2ccccc2)oc(=O)c1C(=O)N(C)C(C)c1ccncn1. The van der Waals surface area contributed by atoms with Gasteiger partial charge >= 0.3 is 5.63 Å². The number of carbonyl (C=O) groups is 1. The molecule has 0 saturated carbocycles. The molecule has 3 aromatic rings. The standard InChI is InChI=1S/C23H25N3O3/c1-16-14-19(11-7-10-18-8-5-4-6-9-18)29-23(28)21(16)22(27)26(3)17(2)20-12-13-24-15-25-20/h4-6,8-9,12-15,17H,7,10-11H2,1-3H3. The van der Waals surface area contributed by atoms with Crippen LogP contribution in [0.4, 0.5) is 0 Å². The van der Waals surface area contributed by atoms with E-state index < -0.39 is 5.63 Å². The van der Waals surface area contributed by atoms with Gasteiger partial charge in [-0.25, -0.2) is 14.8 Å². The number of aromatic nitrogens is 2. The van der Waals surface area contributed by atoms with Gasteiger partial charge in [0.2, 0.25) is 0 Å². The first-order valence-electron chi connectivity index (χ1n) is 9.68. The smallest absolute Gasteiger partial charge is 0.349 e. The second kappa shape index (κ2) is 9.28. The Kier molecular flexibility index (Phi) is 6.54. The Labute approximate surface area is 170 Å². The maximum absolute atomic E-state index is 12.9. The molecular formula is C23H25N3O3. The van der Waals surface area contributed by atoms with E-state index in [-0.39, 0.29) is 17.5 Å². The highest BCUT2D eigenvalue weighted by Gasteiger charge is 2.25. The monoisotopic (exact) mass is 391 g/mol. The lowest BCUT2D eigenvalue weighted by Gasteiger charge is -2.24. The van der Waals surface area contributed by atoms with Gasteiger partial charge in [-0.1, -0.05) is 30.3 Å². The van der Waals surface area contributed by atoms with Crippen molar-refractivity contribution in [1.29, 1.82) is 0 Å². The van der Waals surface area contributed by atoms with E-state index in [4.69, 9.17) is 4.42 Å². The molecular weight excluding hydrogens is 366 g/mol. The van der Waals surface area contributed by atoms with Crippen LogP contribution in [0.2, 0.25) is 0 Å². The van der Waals surface area contributed by atoms with Crippen molar-refractivity contribution in [3.63, 3.8) is 0 Å². The van der Waals surface area contributed by atoms with Crippen molar-refractivity contribution in [3.8, 4) is 0 Å². The van der Waals surface area contributed by atoms with Gasteiger partial charge in [0.1, 0.15) is 17.7 Å². The van der Waals surface area contributed by atoms with Gasteiger partial charge in [0.05, 0.1) is 11.7 Å². The van der Waals surface area contributed by atoms with Crippen LogP contribution in [0, 0.1) is 6.92 Å². The number of nitrogens with zero attached hydrogens (tertiary/aromatic N) is 3. The predicted molar refractivity (Wildman–Crippen MR) is 111 cm³/mol. The largest absolute Gasteiger partial charge is 0.427 e. The molecule has 1 amide bonds. The van der Waals surface area contributed by atoms with E-state index in [2.05, 4.69) is 22.1 Å². The van der Waals surface area contributed by atoms with Crippen molar-refractivity contribution in [2.75, 3.05) is 7.05 Å². The first-order chi connectivity index (χ1) is 14.0. The molecule has 0 bridgehead atoms. The average molecular weight is 391 g/mol. The van der Waals surface area contributed by atoms with Crippen LogP contribution in [0.25, 0.3) is 0 Å². The number of rotatable bonds is 7. The molecule has 0 spiro atoms. The van der Waals surface area contributed by atoms with Crippen LogP contribution < -0.4 is 5.63 Å². The van der Waals surface area contributed by atoms with Crippen molar-refractivity contribution < 1.29 is 9.21 Å². The minimum Gasteiger partial charge on any atom is -0.427 e. The summed E-state index contributed by atoms with van der Waals surface area (Å²) in [5.41, 5.74) is 2.06. The third-order valence-electron chi connectivity index (χ3n) is 5.08. The first kappa shape index (κ1) is 20.5. The Balaban J connectivity index is 1.71. The van der Waals surface area contributed by atoms with Crippen LogP contribution in [-0.2, 0) is 12.8 Å². The van der Waals surface area contributed by atoms with Gasteiger partial charge in [-0.3, -0.25) is 4.79 Å². The molecule has 0 fully saturated rings. The summed E-state index contributed by atoms with van der Waals surface area (Å²) in [4.78, 5) is 35.1. The minimum absolute atomic E-state index is 0.0696. The van der Waals surface area contributed by atoms with E-state index in [1.165, 1.54) is 16.8 Å². The van der Waals surface area contributed by atoms with Crippen LogP contribution in [0.5, 0.6) is 0 Å². The number of benzene rings is 1. The topological polar surface area (TPSA) is 76.3 Å². The third-order valence-corrected chi connectivity index (χ3v) is 5.08. The van der Waals surface area contributed by atoms with E-state index in [1.807, 2.05) is 25.1 Å². The Morgan fingerprint density at radius 1 is 1.17 bits per heavy atom. The summed E-state index contributed by atoms with van der Waals surface area (Å²) in [5.74, 6) is 0.227. The molecule has 29 heavy (non-hydrogen) atoms. The van der Waals surface area contributed by atoms with E-state index in [0.29, 0.717) is 23.4 Å². The minimum atomic E-state index is -0.591. The summed E-state index contributed by atoms with van der Waals surface area (Å²) in [6.07, 6.45) is 5.48. The molecule has 0 saturated heterocycles. The summed E-state index contributed by atoms with van der Waals surface area (Å²) in [6.45, 7) is 3.63. The lowest BCUT2D eigenvalue weighted by atomic mass is 10.0. The molecule has 150 valence electrons. The third kappa shape index (κ3) is 4.96. The van der Waals surface area contributed by atoms with Gasteiger partial charge in [0.25, 0.3) is 5.91 Å². The molecule has 1 aromatic carbocycles. The molecule has 0 aliphatic heterocycles. The molecule has 0 aliphatic carbocycles. The van der Waals surface area contributed by atoms with Crippen LogP contribution in [0.3, 0.4) is 0 Å². The fraction of sp³-hybridized carbons (Fsp3) is 0.304. The molecule has 0 aliphatic rings. The molecule has 3 rings (SSSR count). The molecule has 2 aromatic heterocycles. The highest BCUT2D eigenvalue weighted by molar-refractivity contribution is 5.95. The zero-order chi connectivity index (χ0) is 20.8. The van der Waals surface area contributed by atoms with Crippen LogP contribution in [-0.4, -0.2) is 27.8 Å². The zero-order valence-corrected chi connectivity index (χ0v) is 17.0. The number of carbonyl (C=O) groups excluding carboxylic acids is 1. The Hall–Kier alpha value is -3.28. The van der Waals surface area contributed by atoms with Gasteiger partial charge in [-0.05, 0) is 49.9 Å². The number of amides is 1. The predicted octanol–water partition coefficient (Wildman–Crippen LogP) is 3.75. The fourth-order valence-corrected chi connectivity index (χ4v) is 3.26. The summed E-state index contributed by atoms with van der Waals surface area (Å²) in [6, 6.07) is 13.4. The second-order valence-electron chi connectivity index (χ2n) is 7.12. The maximum atomic E-state index is 12.9. The molecule has 0 radical (unpaired) electrons. The molecule has 6 nitrogen and oxygen atoms in total. The van der Waals surface area contributed by atoms with E-state index in [9.17, 15) is 9.59 Å². The summed E-state index contributed by atoms with van der Waals surface area (Å²) in [7, 11) is 1.65. The molecule has 0 N–H and O–H groups in total. The quantitative estimate of drug-likeness (QED) is 0.613. The van der Waals surface area contributed by atoms with Crippen LogP contribution in [0.15, 0.2) is 64.2 Å². The Morgan fingerprint density at radius 2 is 1.93 bits per heavy atom. The maximum Gasteiger partial charge on any atom is 0.349 e. The van der Waals surface area contributed by atoms with Crippen molar-refractivity contribution in [2.24, 2.45) is 0 Å². The molecule has 1 unspecified atom stereocenters. The first-order valence-corrected chi connectivity index (χ1v) is 9.68. The van der Waals surface area contributed by atoms with Gasteiger partial charge < -0.3 is 9.32 Å². The fourth-order valence-electron chi connectivity index (χ4n) is 3.26. The Bertz CT molecular complexity index is 1020. The van der Waals surface area contributed by atoms with Crippen molar-refractivity contribution in [3.05, 3.63) is 93.6 Å². The van der Waals surface area contributed by atoms with E-state index in [1.54, 1.807) is 32.3 Å². The average Bonchev–Trinajstić information content (AvgIpc) is 2.73. The van der Waals surface area contributed by atoms with Crippen molar-refractivity contribution >= 4 is 5.91 Å². The van der Waals surface area contributed by atoms with Crippen molar-refractivity contribution in [1.82, 2.24) is 14.9 Å². The summed E-state index contributed by atoms with van der Waals surface area (Å²) >= 11 is 0. The summed E-state index contributed by atoms with van der Waals surface area (Å²) in [5, 5.41) is 0. The zero-order valence-electron chi connectivity index (χ0n) is 17.0. The van der Waals surface area contributed by atoms with Gasteiger partial charge in [0, 0.05) is 19.7 Å². The van der Waals surface area contributed by atoms with Crippen molar-refractivity contribution in [2.45, 2.75) is 39.2 Å². The number of aryl methyl sites for hydroxylation is 3. The molecule has 2 heterocycles. The molecule has 1 atom stereocenters. The number of hydrogen-bond donors (Lipinski definition) is 0. The van der Waals surface area contributed by atoms with Gasteiger partial charge in [-0.2, -0.15) is 0 Å². The molecule has 6 heteroatoms. The van der Waals surface area contributed by atoms with E-state index >= 15 is 0 Å². The van der Waals surface area contributed by atoms with Gasteiger partial charge in [-0.15, -0.1) is 0 Å². The van der Waals surface area contributed by atoms with Gasteiger partial charge in [0.15, 0.2) is 0 Å². The normalized spacial score (nSPS) is 11.8. The van der Waals surface area contributed by atoms with Crippen LogP contribution in [0.1, 0.15) is 52.3 Å².